The minimum absolute atomic E-state index is 0.0374. The average molecular weight is 369 g/mol. The van der Waals surface area contributed by atoms with Gasteiger partial charge in [-0.25, -0.2) is 0 Å². The monoisotopic (exact) mass is 369 g/mol. The normalized spacial score (nSPS) is 11.1. The first kappa shape index (κ1) is 17.6. The van der Waals surface area contributed by atoms with Crippen LogP contribution in [0.3, 0.4) is 0 Å². The lowest BCUT2D eigenvalue weighted by atomic mass is 10.0. The zero-order valence-electron chi connectivity index (χ0n) is 13.8. The lowest BCUT2D eigenvalue weighted by Gasteiger charge is -2.11. The molecule has 0 aliphatic rings. The van der Waals surface area contributed by atoms with Crippen molar-refractivity contribution in [1.29, 1.82) is 0 Å². The van der Waals surface area contributed by atoms with E-state index in [1.165, 1.54) is 37.3 Å². The fourth-order valence-electron chi connectivity index (χ4n) is 2.54. The Morgan fingerprint density at radius 1 is 1.00 bits per heavy atom. The van der Waals surface area contributed by atoms with Gasteiger partial charge in [0.05, 0.1) is 5.56 Å². The number of hydrogen-bond acceptors (Lipinski definition) is 5. The van der Waals surface area contributed by atoms with Crippen LogP contribution in [-0.4, -0.2) is 20.6 Å². The van der Waals surface area contributed by atoms with Gasteiger partial charge < -0.3 is 9.50 Å². The molecule has 0 aromatic heterocycles. The first-order valence-corrected chi connectivity index (χ1v) is 9.10. The van der Waals surface area contributed by atoms with Crippen LogP contribution in [0.2, 0.25) is 0 Å². The SMILES string of the molecule is CC(=O)Nc1ccc(S(=O)(=O)Oc2ccc3ccccc3c2C=O)cc1. The molecule has 0 fully saturated rings. The number of nitrogens with one attached hydrogen (secondary N) is 1. The summed E-state index contributed by atoms with van der Waals surface area (Å²) >= 11 is 0. The highest BCUT2D eigenvalue weighted by Crippen LogP contribution is 2.29. The van der Waals surface area contributed by atoms with Gasteiger partial charge >= 0.3 is 10.1 Å². The minimum atomic E-state index is -4.13. The van der Waals surface area contributed by atoms with E-state index in [4.69, 9.17) is 4.18 Å². The van der Waals surface area contributed by atoms with Crippen LogP contribution in [0.5, 0.6) is 5.75 Å². The molecule has 0 atom stereocenters. The Balaban J connectivity index is 1.96. The van der Waals surface area contributed by atoms with E-state index in [9.17, 15) is 18.0 Å². The third-order valence-corrected chi connectivity index (χ3v) is 4.96. The van der Waals surface area contributed by atoms with Gasteiger partial charge in [0, 0.05) is 12.6 Å². The molecule has 132 valence electrons. The van der Waals surface area contributed by atoms with Crippen molar-refractivity contribution in [2.24, 2.45) is 0 Å². The fourth-order valence-corrected chi connectivity index (χ4v) is 3.49. The van der Waals surface area contributed by atoms with Crippen molar-refractivity contribution in [1.82, 2.24) is 0 Å². The molecule has 0 saturated heterocycles. The van der Waals surface area contributed by atoms with E-state index in [0.717, 1.165) is 5.39 Å². The number of carbonyl (C=O) groups excluding carboxylic acids is 2. The van der Waals surface area contributed by atoms with Crippen molar-refractivity contribution in [2.45, 2.75) is 11.8 Å². The van der Waals surface area contributed by atoms with Crippen molar-refractivity contribution in [3.63, 3.8) is 0 Å². The van der Waals surface area contributed by atoms with Crippen LogP contribution in [0.1, 0.15) is 17.3 Å². The van der Waals surface area contributed by atoms with Gasteiger partial charge in [-0.2, -0.15) is 8.42 Å². The van der Waals surface area contributed by atoms with E-state index in [1.807, 2.05) is 12.1 Å². The standard InChI is InChI=1S/C19H15NO5S/c1-13(22)20-15-7-9-16(10-8-15)26(23,24)25-19-11-6-14-4-2-3-5-17(14)18(19)12-21/h2-12H,1H3,(H,20,22). The van der Waals surface area contributed by atoms with Crippen molar-refractivity contribution < 1.29 is 22.2 Å². The maximum Gasteiger partial charge on any atom is 0.339 e. The van der Waals surface area contributed by atoms with Gasteiger partial charge in [-0.15, -0.1) is 0 Å². The molecule has 0 aliphatic carbocycles. The zero-order valence-corrected chi connectivity index (χ0v) is 14.6. The summed E-state index contributed by atoms with van der Waals surface area (Å²) in [6.07, 6.45) is 0.576. The summed E-state index contributed by atoms with van der Waals surface area (Å²) in [6.45, 7) is 1.36. The molecule has 3 aromatic rings. The summed E-state index contributed by atoms with van der Waals surface area (Å²) < 4.78 is 30.2. The van der Waals surface area contributed by atoms with Crippen LogP contribution in [0.25, 0.3) is 10.8 Å². The van der Waals surface area contributed by atoms with Gasteiger partial charge in [0.2, 0.25) is 5.91 Å². The Hall–Kier alpha value is -3.19. The predicted molar refractivity (Wildman–Crippen MR) is 97.9 cm³/mol. The Kier molecular flexibility index (Phi) is 4.73. The van der Waals surface area contributed by atoms with Crippen LogP contribution < -0.4 is 9.50 Å². The van der Waals surface area contributed by atoms with E-state index in [0.29, 0.717) is 17.4 Å². The Morgan fingerprint density at radius 2 is 1.69 bits per heavy atom. The lowest BCUT2D eigenvalue weighted by Crippen LogP contribution is -2.11. The highest BCUT2D eigenvalue weighted by atomic mass is 32.2. The molecule has 0 aliphatic heterocycles. The molecular formula is C19H15NO5S. The summed E-state index contributed by atoms with van der Waals surface area (Å²) in [5.74, 6) is -0.298. The van der Waals surface area contributed by atoms with E-state index in [-0.39, 0.29) is 22.1 Å². The van der Waals surface area contributed by atoms with Crippen LogP contribution in [0.15, 0.2) is 65.6 Å². The Labute approximate surface area is 150 Å². The summed E-state index contributed by atoms with van der Waals surface area (Å²) in [5.41, 5.74) is 0.636. The van der Waals surface area contributed by atoms with Crippen molar-refractivity contribution in [3.05, 3.63) is 66.2 Å². The summed E-state index contributed by atoms with van der Waals surface area (Å²) in [5, 5.41) is 3.96. The number of rotatable bonds is 5. The summed E-state index contributed by atoms with van der Waals surface area (Å²) in [6, 6.07) is 15.8. The molecule has 0 saturated carbocycles. The molecule has 1 N–H and O–H groups in total. The molecule has 26 heavy (non-hydrogen) atoms. The number of hydrogen-bond donors (Lipinski definition) is 1. The molecule has 3 rings (SSSR count). The van der Waals surface area contributed by atoms with Crippen LogP contribution >= 0.6 is 0 Å². The van der Waals surface area contributed by atoms with Gasteiger partial charge in [0.25, 0.3) is 0 Å². The van der Waals surface area contributed by atoms with Gasteiger partial charge in [-0.3, -0.25) is 9.59 Å². The third kappa shape index (κ3) is 3.57. The molecule has 0 radical (unpaired) electrons. The highest BCUT2D eigenvalue weighted by Gasteiger charge is 2.19. The molecule has 0 bridgehead atoms. The Bertz CT molecular complexity index is 1090. The topological polar surface area (TPSA) is 89.5 Å². The van der Waals surface area contributed by atoms with Gasteiger partial charge in [-0.05, 0) is 41.1 Å². The first-order valence-electron chi connectivity index (χ1n) is 7.70. The van der Waals surface area contributed by atoms with E-state index in [1.54, 1.807) is 18.2 Å². The molecule has 6 nitrogen and oxygen atoms in total. The third-order valence-electron chi connectivity index (χ3n) is 3.71. The maximum atomic E-state index is 12.5. The smallest absolute Gasteiger partial charge is 0.339 e. The van der Waals surface area contributed by atoms with E-state index < -0.39 is 10.1 Å². The molecule has 3 aromatic carbocycles. The first-order chi connectivity index (χ1) is 12.4. The summed E-state index contributed by atoms with van der Waals surface area (Å²) in [4.78, 5) is 22.4. The average Bonchev–Trinajstić information content (AvgIpc) is 2.61. The number of amides is 1. The van der Waals surface area contributed by atoms with Crippen molar-refractivity contribution >= 4 is 38.8 Å². The Morgan fingerprint density at radius 3 is 2.35 bits per heavy atom. The quantitative estimate of drug-likeness (QED) is 0.550. The van der Waals surface area contributed by atoms with E-state index in [2.05, 4.69) is 5.32 Å². The summed E-state index contributed by atoms with van der Waals surface area (Å²) in [7, 11) is -4.13. The van der Waals surface area contributed by atoms with Crippen molar-refractivity contribution in [3.8, 4) is 5.75 Å². The van der Waals surface area contributed by atoms with Crippen LogP contribution in [0, 0.1) is 0 Å². The number of anilines is 1. The van der Waals surface area contributed by atoms with Gasteiger partial charge in [0.15, 0.2) is 12.0 Å². The van der Waals surface area contributed by atoms with Crippen LogP contribution in [0.4, 0.5) is 5.69 Å². The second kappa shape index (κ2) is 6.97. The molecule has 0 unspecified atom stereocenters. The van der Waals surface area contributed by atoms with Gasteiger partial charge in [0.1, 0.15) is 4.90 Å². The number of benzene rings is 3. The second-order valence-electron chi connectivity index (χ2n) is 5.56. The van der Waals surface area contributed by atoms with Crippen LogP contribution in [-0.2, 0) is 14.9 Å². The zero-order chi connectivity index (χ0) is 18.7. The number of carbonyl (C=O) groups is 2. The maximum absolute atomic E-state index is 12.5. The predicted octanol–water partition coefficient (Wildman–Crippen LogP) is 3.38. The number of aldehydes is 1. The molecule has 7 heteroatoms. The minimum Gasteiger partial charge on any atom is -0.378 e. The second-order valence-corrected chi connectivity index (χ2v) is 7.11. The van der Waals surface area contributed by atoms with Gasteiger partial charge in [-0.1, -0.05) is 30.3 Å². The molecule has 0 spiro atoms. The highest BCUT2D eigenvalue weighted by molar-refractivity contribution is 7.87. The fraction of sp³-hybridized carbons (Fsp3) is 0.0526. The molecule has 1 amide bonds. The number of fused-ring (bicyclic) bond motifs is 1. The molecule has 0 heterocycles. The van der Waals surface area contributed by atoms with Crippen molar-refractivity contribution in [2.75, 3.05) is 5.32 Å². The van der Waals surface area contributed by atoms with E-state index >= 15 is 0 Å². The largest absolute Gasteiger partial charge is 0.378 e. The lowest BCUT2D eigenvalue weighted by molar-refractivity contribution is -0.114. The molecular weight excluding hydrogens is 354 g/mol.